The van der Waals surface area contributed by atoms with Crippen LogP contribution >= 0.6 is 11.3 Å². The van der Waals surface area contributed by atoms with Gasteiger partial charge in [-0.1, -0.05) is 140 Å². The van der Waals surface area contributed by atoms with Crippen LogP contribution in [-0.4, -0.2) is 0 Å². The molecule has 50 heavy (non-hydrogen) atoms. The first-order valence-electron chi connectivity index (χ1n) is 17.1. The zero-order valence-corrected chi connectivity index (χ0v) is 27.8. The first-order valence-corrected chi connectivity index (χ1v) is 17.9. The minimum absolute atomic E-state index is 0.937. The van der Waals surface area contributed by atoms with Crippen molar-refractivity contribution in [2.45, 2.75) is 0 Å². The van der Waals surface area contributed by atoms with E-state index in [4.69, 9.17) is 4.42 Å². The van der Waals surface area contributed by atoms with Gasteiger partial charge in [-0.05, 0) is 90.6 Å². The highest BCUT2D eigenvalue weighted by molar-refractivity contribution is 7.26. The van der Waals surface area contributed by atoms with Gasteiger partial charge in [-0.15, -0.1) is 11.3 Å². The number of benzene rings is 9. The smallest absolute Gasteiger partial charge is 0.143 e. The van der Waals surface area contributed by atoms with Crippen molar-refractivity contribution >= 4 is 85.8 Å². The van der Waals surface area contributed by atoms with Crippen LogP contribution in [0.15, 0.2) is 174 Å². The minimum Gasteiger partial charge on any atom is -0.455 e. The minimum atomic E-state index is 0.937. The van der Waals surface area contributed by atoms with Crippen LogP contribution < -0.4 is 0 Å². The van der Waals surface area contributed by atoms with Crippen LogP contribution in [0, 0.1) is 0 Å². The lowest BCUT2D eigenvalue weighted by atomic mass is 9.85. The molecule has 2 aromatic heterocycles. The van der Waals surface area contributed by atoms with Gasteiger partial charge in [0.25, 0.3) is 0 Å². The Kier molecular flexibility index (Phi) is 5.89. The molecule has 0 radical (unpaired) electrons. The Morgan fingerprint density at radius 1 is 0.340 bits per heavy atom. The van der Waals surface area contributed by atoms with E-state index in [1.165, 1.54) is 91.3 Å². The van der Waals surface area contributed by atoms with Crippen LogP contribution in [-0.2, 0) is 0 Å². The maximum absolute atomic E-state index is 6.61. The van der Waals surface area contributed by atoms with Crippen LogP contribution in [0.4, 0.5) is 0 Å². The Hall–Kier alpha value is -6.22. The molecule has 0 aliphatic rings. The average molecular weight is 653 g/mol. The van der Waals surface area contributed by atoms with E-state index in [2.05, 4.69) is 170 Å². The fourth-order valence-corrected chi connectivity index (χ4v) is 9.32. The van der Waals surface area contributed by atoms with E-state index in [-0.39, 0.29) is 0 Å². The van der Waals surface area contributed by atoms with Crippen LogP contribution in [0.3, 0.4) is 0 Å². The van der Waals surface area contributed by atoms with Crippen molar-refractivity contribution < 1.29 is 4.42 Å². The molecule has 2 heterocycles. The normalized spacial score (nSPS) is 12.0. The summed E-state index contributed by atoms with van der Waals surface area (Å²) in [7, 11) is 0. The van der Waals surface area contributed by atoms with E-state index >= 15 is 0 Å². The highest BCUT2D eigenvalue weighted by Crippen LogP contribution is 2.48. The number of hydrogen-bond acceptors (Lipinski definition) is 2. The molecule has 0 bridgehead atoms. The van der Waals surface area contributed by atoms with Gasteiger partial charge >= 0.3 is 0 Å². The number of fused-ring (bicyclic) bond motifs is 11. The second-order valence-corrected chi connectivity index (χ2v) is 14.3. The Labute approximate surface area is 292 Å². The molecule has 11 rings (SSSR count). The molecule has 0 atom stereocenters. The summed E-state index contributed by atoms with van der Waals surface area (Å²) in [5.74, 6) is 0. The van der Waals surface area contributed by atoms with E-state index in [0.717, 1.165) is 16.6 Å². The van der Waals surface area contributed by atoms with Gasteiger partial charge in [-0.3, -0.25) is 0 Å². The third-order valence-electron chi connectivity index (χ3n) is 10.5. The van der Waals surface area contributed by atoms with Crippen LogP contribution in [0.5, 0.6) is 0 Å². The van der Waals surface area contributed by atoms with Gasteiger partial charge in [-0.2, -0.15) is 0 Å². The Bertz CT molecular complexity index is 3070. The summed E-state index contributed by atoms with van der Waals surface area (Å²) < 4.78 is 9.18. The second kappa shape index (κ2) is 10.6. The predicted molar refractivity (Wildman–Crippen MR) is 215 cm³/mol. The Morgan fingerprint density at radius 2 is 0.900 bits per heavy atom. The van der Waals surface area contributed by atoms with Crippen LogP contribution in [0.2, 0.25) is 0 Å². The lowest BCUT2D eigenvalue weighted by molar-refractivity contribution is 0.673. The van der Waals surface area contributed by atoms with Gasteiger partial charge in [0.1, 0.15) is 11.2 Å². The molecule has 0 aliphatic heterocycles. The van der Waals surface area contributed by atoms with Gasteiger partial charge in [0.05, 0.1) is 0 Å². The summed E-state index contributed by atoms with van der Waals surface area (Å²) in [6.07, 6.45) is 0. The van der Waals surface area contributed by atoms with Gasteiger partial charge in [-0.25, -0.2) is 0 Å². The first-order chi connectivity index (χ1) is 24.8. The van der Waals surface area contributed by atoms with Crippen LogP contribution in [0.1, 0.15) is 0 Å². The molecular formula is C48H28OS. The zero-order valence-electron chi connectivity index (χ0n) is 27.0. The van der Waals surface area contributed by atoms with Crippen LogP contribution in [0.25, 0.3) is 108 Å². The fourth-order valence-electron chi connectivity index (χ4n) is 8.23. The average Bonchev–Trinajstić information content (AvgIpc) is 3.75. The van der Waals surface area contributed by atoms with Crippen molar-refractivity contribution in [1.82, 2.24) is 0 Å². The summed E-state index contributed by atoms with van der Waals surface area (Å²) in [5.41, 5.74) is 9.37. The largest absolute Gasteiger partial charge is 0.455 e. The maximum Gasteiger partial charge on any atom is 0.143 e. The number of rotatable bonds is 3. The monoisotopic (exact) mass is 652 g/mol. The van der Waals surface area contributed by atoms with Gasteiger partial charge in [0.2, 0.25) is 0 Å². The molecule has 0 saturated carbocycles. The molecule has 0 spiro atoms. The third kappa shape index (κ3) is 4.00. The molecule has 2 heteroatoms. The van der Waals surface area contributed by atoms with E-state index in [9.17, 15) is 0 Å². The lowest BCUT2D eigenvalue weighted by Gasteiger charge is -2.18. The van der Waals surface area contributed by atoms with Crippen molar-refractivity contribution in [3.63, 3.8) is 0 Å². The molecule has 0 N–H and O–H groups in total. The quantitative estimate of drug-likeness (QED) is 0.173. The molecule has 1 nitrogen and oxygen atoms in total. The fraction of sp³-hybridized carbons (Fsp3) is 0. The standard InChI is InChI=1S/C48H28OS/c1-2-10-29(11-3-1)30-18-20-32(21-19-30)44-35-14-6-8-16-37(35)45(38-17-9-7-15-36(38)44)33-23-26-42-40(28-33)47-43(50-42)27-25-41-46(47)39-24-22-31-12-4-5-13-34(31)48(39)49-41/h1-28H. The lowest BCUT2D eigenvalue weighted by Crippen LogP contribution is -1.91. The van der Waals surface area contributed by atoms with Crippen molar-refractivity contribution in [1.29, 1.82) is 0 Å². The molecule has 0 fully saturated rings. The predicted octanol–water partition coefficient (Wildman–Crippen LogP) is 14.4. The molecule has 0 amide bonds. The highest BCUT2D eigenvalue weighted by atomic mass is 32.1. The summed E-state index contributed by atoms with van der Waals surface area (Å²) in [6, 6.07) is 61.9. The van der Waals surface area contributed by atoms with Gasteiger partial charge in [0.15, 0.2) is 0 Å². The number of furan rings is 1. The van der Waals surface area contributed by atoms with Crippen molar-refractivity contribution in [2.24, 2.45) is 0 Å². The summed E-state index contributed by atoms with van der Waals surface area (Å²) in [4.78, 5) is 0. The molecule has 11 aromatic rings. The molecule has 232 valence electrons. The van der Waals surface area contributed by atoms with E-state index in [0.29, 0.717) is 0 Å². The van der Waals surface area contributed by atoms with E-state index in [1.807, 2.05) is 11.3 Å². The molecule has 0 saturated heterocycles. The zero-order chi connectivity index (χ0) is 32.8. The van der Waals surface area contributed by atoms with E-state index in [1.54, 1.807) is 0 Å². The topological polar surface area (TPSA) is 13.1 Å². The molecule has 0 aliphatic carbocycles. The van der Waals surface area contributed by atoms with Crippen molar-refractivity contribution in [3.8, 4) is 33.4 Å². The molecular weight excluding hydrogens is 625 g/mol. The molecule has 9 aromatic carbocycles. The Balaban J connectivity index is 1.17. The van der Waals surface area contributed by atoms with Gasteiger partial charge in [0, 0.05) is 36.3 Å². The Morgan fingerprint density at radius 3 is 1.62 bits per heavy atom. The summed E-state index contributed by atoms with van der Waals surface area (Å²) in [6.45, 7) is 0. The third-order valence-corrected chi connectivity index (χ3v) is 11.6. The van der Waals surface area contributed by atoms with Gasteiger partial charge < -0.3 is 4.42 Å². The highest BCUT2D eigenvalue weighted by Gasteiger charge is 2.20. The van der Waals surface area contributed by atoms with Crippen molar-refractivity contribution in [2.75, 3.05) is 0 Å². The van der Waals surface area contributed by atoms with Crippen molar-refractivity contribution in [3.05, 3.63) is 170 Å². The summed E-state index contributed by atoms with van der Waals surface area (Å²) >= 11 is 1.86. The molecule has 0 unspecified atom stereocenters. The second-order valence-electron chi connectivity index (χ2n) is 13.2. The van der Waals surface area contributed by atoms with E-state index < -0.39 is 0 Å². The first kappa shape index (κ1) is 27.7. The summed E-state index contributed by atoms with van der Waals surface area (Å²) in [5, 5.41) is 12.3. The SMILES string of the molecule is c1ccc(-c2ccc(-c3c4ccccc4c(-c4ccc5sc6ccc7oc8c9ccccc9ccc8c7c6c5c4)c4ccccc34)cc2)cc1. The number of thiophene rings is 1. The maximum atomic E-state index is 6.61. The number of hydrogen-bond donors (Lipinski definition) is 0.